The lowest BCUT2D eigenvalue weighted by Gasteiger charge is -2.34. The van der Waals surface area contributed by atoms with Gasteiger partial charge in [-0.25, -0.2) is 19.6 Å². The Balaban J connectivity index is 1.49. The predicted octanol–water partition coefficient (Wildman–Crippen LogP) is 4.36. The molecule has 5 rings (SSSR count). The normalized spacial score (nSPS) is 27.4. The molecule has 2 aliphatic heterocycles. The van der Waals surface area contributed by atoms with E-state index in [9.17, 15) is 14.4 Å². The Kier molecular flexibility index (Phi) is 8.38. The van der Waals surface area contributed by atoms with Gasteiger partial charge in [-0.3, -0.25) is 4.79 Å². The third-order valence-electron chi connectivity index (χ3n) is 8.45. The summed E-state index contributed by atoms with van der Waals surface area (Å²) in [7, 11) is 1.31. The van der Waals surface area contributed by atoms with Gasteiger partial charge in [-0.15, -0.1) is 0 Å². The molecule has 2 bridgehead atoms. The van der Waals surface area contributed by atoms with Crippen LogP contribution in [0.3, 0.4) is 0 Å². The number of hydrogen-bond donors (Lipinski definition) is 1. The number of hydrogen-bond acceptors (Lipinski definition) is 8. The molecule has 0 spiro atoms. The monoisotopic (exact) mass is 566 g/mol. The summed E-state index contributed by atoms with van der Waals surface area (Å²) < 4.78 is 17.2. The first-order valence-corrected chi connectivity index (χ1v) is 14.9. The zero-order chi connectivity index (χ0) is 29.3. The fourth-order valence-corrected chi connectivity index (χ4v) is 5.89. The Morgan fingerprint density at radius 1 is 1.10 bits per heavy atom. The summed E-state index contributed by atoms with van der Waals surface area (Å²) in [5.74, 6) is -0.102. The number of amides is 2. The SMILES string of the molecule is CCc1ccc2nc3c(nc2c1)O[C@@H]1C[C@@H](C(=O)OC)N(C1)C(=O)[C@H](C(C)(C)C)NC(=O)O[C@@H]1C[C@H]1CCCCC3. The van der Waals surface area contributed by atoms with Crippen LogP contribution < -0.4 is 10.1 Å². The molecule has 10 nitrogen and oxygen atoms in total. The van der Waals surface area contributed by atoms with Gasteiger partial charge in [-0.2, -0.15) is 0 Å². The molecule has 0 unspecified atom stereocenters. The zero-order valence-electron chi connectivity index (χ0n) is 24.8. The molecule has 1 aromatic carbocycles. The van der Waals surface area contributed by atoms with Gasteiger partial charge >= 0.3 is 12.1 Å². The minimum atomic E-state index is -0.902. The Morgan fingerprint density at radius 3 is 2.63 bits per heavy atom. The fourth-order valence-electron chi connectivity index (χ4n) is 5.89. The van der Waals surface area contributed by atoms with E-state index in [-0.39, 0.29) is 25.0 Å². The lowest BCUT2D eigenvalue weighted by Crippen LogP contribution is -2.57. The maximum atomic E-state index is 14.0. The molecule has 1 N–H and O–H groups in total. The molecular formula is C31H42N4O6. The van der Waals surface area contributed by atoms with Gasteiger partial charge in [0, 0.05) is 6.42 Å². The smallest absolute Gasteiger partial charge is 0.408 e. The first kappa shape index (κ1) is 29.1. The van der Waals surface area contributed by atoms with Crippen LogP contribution in [0.2, 0.25) is 0 Å². The molecule has 2 fully saturated rings. The van der Waals surface area contributed by atoms with E-state index in [1.54, 1.807) is 0 Å². The van der Waals surface area contributed by atoms with Crippen LogP contribution in [0, 0.1) is 11.3 Å². The topological polar surface area (TPSA) is 120 Å². The first-order valence-electron chi connectivity index (χ1n) is 14.9. The highest BCUT2D eigenvalue weighted by Gasteiger charge is 2.47. The van der Waals surface area contributed by atoms with Crippen LogP contribution >= 0.6 is 0 Å². The summed E-state index contributed by atoms with van der Waals surface area (Å²) in [6.07, 6.45) is 5.43. The van der Waals surface area contributed by atoms with Crippen LogP contribution in [0.5, 0.6) is 5.88 Å². The van der Waals surface area contributed by atoms with Gasteiger partial charge in [-0.05, 0) is 61.1 Å². The van der Waals surface area contributed by atoms with E-state index in [1.807, 2.05) is 32.9 Å². The molecule has 2 aromatic rings. The highest BCUT2D eigenvalue weighted by atomic mass is 16.6. The van der Waals surface area contributed by atoms with Gasteiger partial charge in [0.25, 0.3) is 0 Å². The molecule has 2 amide bonds. The van der Waals surface area contributed by atoms with Gasteiger partial charge in [0.1, 0.15) is 30.0 Å². The van der Waals surface area contributed by atoms with Gasteiger partial charge in [0.15, 0.2) is 0 Å². The molecule has 1 saturated carbocycles. The van der Waals surface area contributed by atoms with Crippen molar-refractivity contribution < 1.29 is 28.6 Å². The minimum Gasteiger partial charge on any atom is -0.471 e. The molecule has 5 atom stereocenters. The number of benzene rings is 1. The molecule has 41 heavy (non-hydrogen) atoms. The second-order valence-corrected chi connectivity index (χ2v) is 12.6. The predicted molar refractivity (Wildman–Crippen MR) is 152 cm³/mol. The molecule has 3 aliphatic rings. The summed E-state index contributed by atoms with van der Waals surface area (Å²) in [6, 6.07) is 4.36. The summed E-state index contributed by atoms with van der Waals surface area (Å²) in [6.45, 7) is 7.88. The van der Waals surface area contributed by atoms with E-state index in [1.165, 1.54) is 12.0 Å². The number of aromatic nitrogens is 2. The maximum Gasteiger partial charge on any atom is 0.408 e. The lowest BCUT2D eigenvalue weighted by atomic mass is 9.85. The molecule has 1 aromatic heterocycles. The van der Waals surface area contributed by atoms with Gasteiger partial charge in [0.05, 0.1) is 24.7 Å². The average Bonchev–Trinajstić information content (AvgIpc) is 3.53. The first-order chi connectivity index (χ1) is 19.6. The molecule has 3 heterocycles. The van der Waals surface area contributed by atoms with Crippen LogP contribution in [-0.4, -0.2) is 70.8 Å². The van der Waals surface area contributed by atoms with Crippen molar-refractivity contribution in [2.24, 2.45) is 11.3 Å². The van der Waals surface area contributed by atoms with E-state index in [0.717, 1.165) is 60.8 Å². The largest absolute Gasteiger partial charge is 0.471 e. The third-order valence-corrected chi connectivity index (χ3v) is 8.45. The van der Waals surface area contributed by atoms with E-state index >= 15 is 0 Å². The summed E-state index contributed by atoms with van der Waals surface area (Å²) in [4.78, 5) is 51.0. The summed E-state index contributed by atoms with van der Waals surface area (Å²) >= 11 is 0. The number of nitrogens with zero attached hydrogens (tertiary/aromatic N) is 3. The van der Waals surface area contributed by atoms with Crippen molar-refractivity contribution in [2.45, 2.75) is 103 Å². The Labute approximate surface area is 241 Å². The van der Waals surface area contributed by atoms with Crippen LogP contribution in [0.4, 0.5) is 4.79 Å². The van der Waals surface area contributed by atoms with Crippen LogP contribution in [-0.2, 0) is 31.9 Å². The van der Waals surface area contributed by atoms with Gasteiger partial charge in [0.2, 0.25) is 11.8 Å². The van der Waals surface area contributed by atoms with Crippen molar-refractivity contribution >= 4 is 29.0 Å². The summed E-state index contributed by atoms with van der Waals surface area (Å²) in [5, 5.41) is 2.81. The molecule has 1 saturated heterocycles. The molecule has 1 aliphatic carbocycles. The number of fused-ring (bicyclic) bond motifs is 5. The number of ether oxygens (including phenoxy) is 3. The lowest BCUT2D eigenvalue weighted by molar-refractivity contribution is -0.152. The van der Waals surface area contributed by atoms with E-state index in [4.69, 9.17) is 24.2 Å². The number of esters is 1. The Bertz CT molecular complexity index is 1310. The maximum absolute atomic E-state index is 14.0. The number of nitrogens with one attached hydrogen (secondary N) is 1. The third kappa shape index (κ3) is 6.57. The number of carbonyl (C=O) groups excluding carboxylic acids is 3. The fraction of sp³-hybridized carbons (Fsp3) is 0.645. The van der Waals surface area contributed by atoms with Crippen LogP contribution in [0.1, 0.15) is 77.5 Å². The highest BCUT2D eigenvalue weighted by molar-refractivity contribution is 5.91. The molecule has 0 radical (unpaired) electrons. The number of methoxy groups -OCH3 is 1. The van der Waals surface area contributed by atoms with Crippen molar-refractivity contribution in [1.82, 2.24) is 20.2 Å². The van der Waals surface area contributed by atoms with Crippen molar-refractivity contribution in [3.05, 3.63) is 29.5 Å². The van der Waals surface area contributed by atoms with Crippen molar-refractivity contribution in [3.8, 4) is 5.88 Å². The van der Waals surface area contributed by atoms with E-state index in [2.05, 4.69) is 18.3 Å². The number of carbonyl (C=O) groups is 3. The van der Waals surface area contributed by atoms with Crippen molar-refractivity contribution in [2.75, 3.05) is 13.7 Å². The number of rotatable bonds is 2. The second-order valence-electron chi connectivity index (χ2n) is 12.6. The van der Waals surface area contributed by atoms with Gasteiger partial charge < -0.3 is 24.4 Å². The van der Waals surface area contributed by atoms with Crippen LogP contribution in [0.15, 0.2) is 18.2 Å². The Hall–Kier alpha value is -3.43. The molecule has 10 heteroatoms. The molecule has 222 valence electrons. The highest BCUT2D eigenvalue weighted by Crippen LogP contribution is 2.39. The zero-order valence-corrected chi connectivity index (χ0v) is 24.8. The second kappa shape index (κ2) is 11.8. The van der Waals surface area contributed by atoms with Crippen molar-refractivity contribution in [1.29, 1.82) is 0 Å². The van der Waals surface area contributed by atoms with E-state index < -0.39 is 35.7 Å². The van der Waals surface area contributed by atoms with Crippen molar-refractivity contribution in [3.63, 3.8) is 0 Å². The van der Waals surface area contributed by atoms with Gasteiger partial charge in [-0.1, -0.05) is 46.6 Å². The molecular weight excluding hydrogens is 524 g/mol. The average molecular weight is 567 g/mol. The minimum absolute atomic E-state index is 0.122. The number of aryl methyl sites for hydroxylation is 2. The quantitative estimate of drug-likeness (QED) is 0.533. The standard InChI is InChI=1S/C31H42N4O6/c1-6-18-12-13-21-23(14-18)33-27-22(32-21)11-9-7-8-10-19-15-25(19)41-30(38)34-26(31(2,3)4)28(36)35-17-20(40-27)16-24(35)29(37)39-5/h12-14,19-20,24-26H,6-11,15-17H2,1-5H3,(H,34,38)/t19-,20-,24+,25-,26-/m1/s1. The Morgan fingerprint density at radius 2 is 1.90 bits per heavy atom. The number of alkyl carbamates (subject to hydrolysis) is 1. The van der Waals surface area contributed by atoms with Crippen LogP contribution in [0.25, 0.3) is 11.0 Å². The summed E-state index contributed by atoms with van der Waals surface area (Å²) in [5.41, 5.74) is 2.90. The van der Waals surface area contributed by atoms with E-state index in [0.29, 0.717) is 18.2 Å².